The molecule has 0 aliphatic carbocycles. The highest BCUT2D eigenvalue weighted by molar-refractivity contribution is 7.90. The first-order valence-corrected chi connectivity index (χ1v) is 10.8. The molecule has 0 aromatic heterocycles. The van der Waals surface area contributed by atoms with Crippen LogP contribution in [0.25, 0.3) is 0 Å². The van der Waals surface area contributed by atoms with Crippen molar-refractivity contribution in [2.75, 3.05) is 13.2 Å². The van der Waals surface area contributed by atoms with Crippen LogP contribution in [0.3, 0.4) is 0 Å². The van der Waals surface area contributed by atoms with Crippen molar-refractivity contribution in [3.63, 3.8) is 0 Å². The zero-order chi connectivity index (χ0) is 21.2. The van der Waals surface area contributed by atoms with E-state index in [0.717, 1.165) is 0 Å². The molecule has 1 saturated heterocycles. The first kappa shape index (κ1) is 21.1. The summed E-state index contributed by atoms with van der Waals surface area (Å²) in [6.45, 7) is 3.26. The lowest BCUT2D eigenvalue weighted by molar-refractivity contribution is -0.158. The molecule has 1 aliphatic rings. The highest BCUT2D eigenvalue weighted by Gasteiger charge is 2.50. The van der Waals surface area contributed by atoms with Gasteiger partial charge >= 0.3 is 0 Å². The van der Waals surface area contributed by atoms with Gasteiger partial charge in [0.15, 0.2) is 6.61 Å². The molecule has 3 rings (SSSR count). The lowest BCUT2D eigenvalue weighted by atomic mass is 9.86. The summed E-state index contributed by atoms with van der Waals surface area (Å²) in [6.07, 6.45) is 0.356. The zero-order valence-corrected chi connectivity index (χ0v) is 17.6. The van der Waals surface area contributed by atoms with E-state index in [1.54, 1.807) is 56.3 Å². The topological polar surface area (TPSA) is 92.8 Å². The number of carbonyl (C=O) groups is 2. The fourth-order valence-corrected chi connectivity index (χ4v) is 4.54. The van der Waals surface area contributed by atoms with Crippen LogP contribution in [0.1, 0.15) is 18.9 Å². The number of likely N-dealkylation sites (tertiary alicyclic amines) is 1. The number of aryl methyl sites for hydroxylation is 1. The van der Waals surface area contributed by atoms with Crippen LogP contribution >= 0.6 is 11.6 Å². The van der Waals surface area contributed by atoms with Crippen molar-refractivity contribution in [3.8, 4) is 5.75 Å². The second kappa shape index (κ2) is 8.04. The summed E-state index contributed by atoms with van der Waals surface area (Å²) < 4.78 is 32.7. The average Bonchev–Trinajstić information content (AvgIpc) is 2.65. The van der Waals surface area contributed by atoms with Crippen LogP contribution in [0.5, 0.6) is 5.75 Å². The van der Waals surface area contributed by atoms with Crippen LogP contribution in [0.15, 0.2) is 53.4 Å². The minimum Gasteiger partial charge on any atom is -0.484 e. The van der Waals surface area contributed by atoms with Crippen molar-refractivity contribution >= 4 is 33.4 Å². The van der Waals surface area contributed by atoms with E-state index in [1.807, 2.05) is 0 Å². The van der Waals surface area contributed by atoms with Crippen molar-refractivity contribution < 1.29 is 22.7 Å². The van der Waals surface area contributed by atoms with Gasteiger partial charge in [0.25, 0.3) is 21.8 Å². The number of nitrogens with zero attached hydrogens (tertiary/aromatic N) is 1. The Bertz CT molecular complexity index is 1040. The van der Waals surface area contributed by atoms with Crippen LogP contribution in [0, 0.1) is 6.92 Å². The minimum atomic E-state index is -4.04. The number of ether oxygens (including phenoxy) is 1. The molecule has 29 heavy (non-hydrogen) atoms. The number of amides is 2. The lowest BCUT2D eigenvalue weighted by Gasteiger charge is -2.48. The summed E-state index contributed by atoms with van der Waals surface area (Å²) in [4.78, 5) is 26.6. The molecule has 1 aliphatic heterocycles. The van der Waals surface area contributed by atoms with Crippen molar-refractivity contribution in [2.45, 2.75) is 30.7 Å². The Hall–Kier alpha value is -2.58. The smallest absolute Gasteiger partial charge is 0.264 e. The molecule has 2 aromatic rings. The van der Waals surface area contributed by atoms with Gasteiger partial charge in [-0.3, -0.25) is 9.59 Å². The number of rotatable bonds is 6. The first-order valence-electron chi connectivity index (χ1n) is 8.95. The van der Waals surface area contributed by atoms with Crippen LogP contribution < -0.4 is 9.46 Å². The largest absolute Gasteiger partial charge is 0.484 e. The summed E-state index contributed by atoms with van der Waals surface area (Å²) in [5.74, 6) is -0.680. The Morgan fingerprint density at radius 3 is 2.41 bits per heavy atom. The van der Waals surface area contributed by atoms with Gasteiger partial charge in [-0.1, -0.05) is 29.8 Å². The standard InChI is InChI=1S/C20H21ClN2O5S/c1-14-5-3-4-6-17(14)29(26,27)22-19(25)20(2)11-12-23(20)18(24)13-28-16-9-7-15(21)8-10-16/h3-10H,11-13H2,1-2H3,(H,22,25). The van der Waals surface area contributed by atoms with Gasteiger partial charge in [-0.15, -0.1) is 0 Å². The third-order valence-corrected chi connectivity index (χ3v) is 6.74. The minimum absolute atomic E-state index is 0.0280. The van der Waals surface area contributed by atoms with Gasteiger partial charge in [0.1, 0.15) is 11.3 Å². The number of nitrogens with one attached hydrogen (secondary N) is 1. The zero-order valence-electron chi connectivity index (χ0n) is 16.0. The lowest BCUT2D eigenvalue weighted by Crippen LogP contribution is -2.68. The van der Waals surface area contributed by atoms with Crippen LogP contribution in [-0.2, 0) is 19.6 Å². The maximum Gasteiger partial charge on any atom is 0.264 e. The van der Waals surface area contributed by atoms with E-state index in [9.17, 15) is 18.0 Å². The molecule has 1 unspecified atom stereocenters. The molecule has 154 valence electrons. The molecule has 0 bridgehead atoms. The molecular weight excluding hydrogens is 416 g/mol. The molecule has 1 heterocycles. The van der Waals surface area contributed by atoms with Gasteiger partial charge in [0, 0.05) is 11.6 Å². The molecule has 2 amide bonds. The summed E-state index contributed by atoms with van der Waals surface area (Å²) >= 11 is 5.81. The maximum atomic E-state index is 12.7. The Kier molecular flexibility index (Phi) is 5.86. The third-order valence-electron chi connectivity index (χ3n) is 4.99. The average molecular weight is 437 g/mol. The van der Waals surface area contributed by atoms with Gasteiger partial charge in [0.2, 0.25) is 0 Å². The van der Waals surface area contributed by atoms with Crippen molar-refractivity contribution in [1.82, 2.24) is 9.62 Å². The molecule has 2 aromatic carbocycles. The molecule has 7 nitrogen and oxygen atoms in total. The number of sulfonamides is 1. The van der Waals surface area contributed by atoms with E-state index >= 15 is 0 Å². The monoisotopic (exact) mass is 436 g/mol. The summed E-state index contributed by atoms with van der Waals surface area (Å²) in [6, 6.07) is 12.9. The number of benzene rings is 2. The van der Waals surface area contributed by atoms with Crippen LogP contribution in [0.2, 0.25) is 5.02 Å². The van der Waals surface area contributed by atoms with E-state index in [0.29, 0.717) is 29.3 Å². The maximum absolute atomic E-state index is 12.7. The fourth-order valence-electron chi connectivity index (χ4n) is 3.09. The van der Waals surface area contributed by atoms with E-state index in [2.05, 4.69) is 4.72 Å². The van der Waals surface area contributed by atoms with Crippen molar-refractivity contribution in [1.29, 1.82) is 0 Å². The predicted octanol–water partition coefficient (Wildman–Crippen LogP) is 2.52. The van der Waals surface area contributed by atoms with Crippen LogP contribution in [-0.4, -0.2) is 43.8 Å². The van der Waals surface area contributed by atoms with E-state index in [1.165, 1.54) is 11.0 Å². The number of carbonyl (C=O) groups excluding carboxylic acids is 2. The molecular formula is C20H21ClN2O5S. The summed E-state index contributed by atoms with van der Waals surface area (Å²) in [5.41, 5.74) is -0.730. The predicted molar refractivity (Wildman–Crippen MR) is 108 cm³/mol. The van der Waals surface area contributed by atoms with Crippen molar-refractivity contribution in [3.05, 3.63) is 59.1 Å². The quantitative estimate of drug-likeness (QED) is 0.751. The van der Waals surface area contributed by atoms with E-state index < -0.39 is 27.4 Å². The first-order chi connectivity index (χ1) is 13.6. The number of hydrogen-bond acceptors (Lipinski definition) is 5. The van der Waals surface area contributed by atoms with Crippen LogP contribution in [0.4, 0.5) is 0 Å². The van der Waals surface area contributed by atoms with E-state index in [4.69, 9.17) is 16.3 Å². The van der Waals surface area contributed by atoms with Gasteiger partial charge < -0.3 is 9.64 Å². The SMILES string of the molecule is Cc1ccccc1S(=O)(=O)NC(=O)C1(C)CCN1C(=O)COc1ccc(Cl)cc1. The van der Waals surface area contributed by atoms with Gasteiger partial charge in [-0.2, -0.15) is 0 Å². The van der Waals surface area contributed by atoms with Gasteiger partial charge in [0.05, 0.1) is 4.90 Å². The molecule has 9 heteroatoms. The molecule has 1 N–H and O–H groups in total. The Labute approximate surface area is 174 Å². The molecule has 1 atom stereocenters. The number of halogens is 1. The second-order valence-electron chi connectivity index (χ2n) is 7.01. The highest BCUT2D eigenvalue weighted by Crippen LogP contribution is 2.31. The Morgan fingerprint density at radius 2 is 1.83 bits per heavy atom. The van der Waals surface area contributed by atoms with Crippen molar-refractivity contribution in [2.24, 2.45) is 0 Å². The van der Waals surface area contributed by atoms with Gasteiger partial charge in [-0.25, -0.2) is 13.1 Å². The van der Waals surface area contributed by atoms with Gasteiger partial charge in [-0.05, 0) is 56.2 Å². The summed E-state index contributed by atoms with van der Waals surface area (Å²) in [5, 5.41) is 0.547. The molecule has 0 radical (unpaired) electrons. The van der Waals surface area contributed by atoms with E-state index in [-0.39, 0.29) is 11.5 Å². The normalized spacial score (nSPS) is 18.7. The molecule has 1 fully saturated rings. The Morgan fingerprint density at radius 1 is 1.17 bits per heavy atom. The number of hydrogen-bond donors (Lipinski definition) is 1. The Balaban J connectivity index is 1.66. The summed E-state index contributed by atoms with van der Waals surface area (Å²) in [7, 11) is -4.04. The highest BCUT2D eigenvalue weighted by atomic mass is 35.5. The fraction of sp³-hybridized carbons (Fsp3) is 0.300. The second-order valence-corrected chi connectivity index (χ2v) is 9.10. The molecule has 0 spiro atoms. The molecule has 0 saturated carbocycles. The third kappa shape index (κ3) is 4.38.